The molecule has 1 heterocycles. The second kappa shape index (κ2) is 5.97. The van der Waals surface area contributed by atoms with E-state index in [1.807, 2.05) is 30.3 Å². The van der Waals surface area contributed by atoms with Crippen molar-refractivity contribution in [3.05, 3.63) is 53.2 Å². The molecule has 0 saturated carbocycles. The van der Waals surface area contributed by atoms with Gasteiger partial charge < -0.3 is 16.5 Å². The number of benzene rings is 1. The molecule has 1 aromatic carbocycles. The molecule has 4 N–H and O–H groups in total. The molecule has 0 saturated heterocycles. The Bertz CT molecular complexity index is 712. The molecule has 3 rings (SSSR count). The van der Waals surface area contributed by atoms with Crippen LogP contribution < -0.4 is 11.1 Å². The van der Waals surface area contributed by atoms with E-state index in [1.54, 1.807) is 6.20 Å². The second-order valence-corrected chi connectivity index (χ2v) is 5.50. The lowest BCUT2D eigenvalue weighted by atomic mass is 9.82. The monoisotopic (exact) mass is 294 g/mol. The quantitative estimate of drug-likeness (QED) is 0.759. The van der Waals surface area contributed by atoms with Crippen LogP contribution in [0, 0.1) is 11.3 Å². The molecule has 1 aromatic heterocycles. The Morgan fingerprint density at radius 1 is 1.36 bits per heavy atom. The van der Waals surface area contributed by atoms with E-state index in [0.717, 1.165) is 29.7 Å². The molecule has 1 aliphatic carbocycles. The summed E-state index contributed by atoms with van der Waals surface area (Å²) in [6.45, 7) is 0. The third kappa shape index (κ3) is 2.70. The van der Waals surface area contributed by atoms with Crippen LogP contribution in [0.4, 0.5) is 11.5 Å². The number of amides is 1. The first-order valence-corrected chi connectivity index (χ1v) is 7.31. The van der Waals surface area contributed by atoms with Gasteiger partial charge in [-0.05, 0) is 42.5 Å². The summed E-state index contributed by atoms with van der Waals surface area (Å²) in [6, 6.07) is 9.47. The normalized spacial score (nSPS) is 16.6. The molecule has 1 atom stereocenters. The van der Waals surface area contributed by atoms with Crippen molar-refractivity contribution in [2.24, 2.45) is 5.92 Å². The zero-order valence-corrected chi connectivity index (χ0v) is 12.2. The maximum atomic E-state index is 12.4. The number of nitrogens with one attached hydrogen (secondary N) is 2. The van der Waals surface area contributed by atoms with Crippen molar-refractivity contribution in [2.45, 2.75) is 19.3 Å². The van der Waals surface area contributed by atoms with Gasteiger partial charge in [0.15, 0.2) is 0 Å². The molecule has 2 aromatic rings. The van der Waals surface area contributed by atoms with Crippen molar-refractivity contribution in [3.63, 3.8) is 0 Å². The zero-order valence-electron chi connectivity index (χ0n) is 12.2. The van der Waals surface area contributed by atoms with Crippen molar-refractivity contribution >= 4 is 23.6 Å². The van der Waals surface area contributed by atoms with Crippen LogP contribution in [0.15, 0.2) is 36.5 Å². The SMILES string of the molecule is N=Cc1c(N)ncc2c1CCC(C(=O)Nc1ccccc1)C2. The highest BCUT2D eigenvalue weighted by atomic mass is 16.1. The van der Waals surface area contributed by atoms with E-state index in [-0.39, 0.29) is 11.8 Å². The number of aromatic nitrogens is 1. The molecule has 5 nitrogen and oxygen atoms in total. The van der Waals surface area contributed by atoms with Crippen molar-refractivity contribution in [3.8, 4) is 0 Å². The third-order valence-corrected chi connectivity index (χ3v) is 4.11. The number of nitrogen functional groups attached to an aromatic ring is 1. The van der Waals surface area contributed by atoms with Gasteiger partial charge in [0.2, 0.25) is 5.91 Å². The molecule has 0 radical (unpaired) electrons. The molecule has 0 spiro atoms. The third-order valence-electron chi connectivity index (χ3n) is 4.11. The first-order valence-electron chi connectivity index (χ1n) is 7.31. The predicted octanol–water partition coefficient (Wildman–Crippen LogP) is 2.41. The standard InChI is InChI=1S/C17H18N4O/c18-9-15-14-7-6-11(8-12(14)10-20-16(15)19)17(22)21-13-4-2-1-3-5-13/h1-5,9-11,18H,6-8H2,(H2,19,20)(H,21,22). The topological polar surface area (TPSA) is 91.9 Å². The zero-order chi connectivity index (χ0) is 15.5. The lowest BCUT2D eigenvalue weighted by Gasteiger charge is -2.25. The number of hydrogen-bond donors (Lipinski definition) is 3. The van der Waals surface area contributed by atoms with E-state index < -0.39 is 0 Å². The molecule has 112 valence electrons. The Hall–Kier alpha value is -2.69. The summed E-state index contributed by atoms with van der Waals surface area (Å²) in [7, 11) is 0. The number of hydrogen-bond acceptors (Lipinski definition) is 4. The fourth-order valence-corrected chi connectivity index (χ4v) is 2.93. The summed E-state index contributed by atoms with van der Waals surface area (Å²) >= 11 is 0. The molecular formula is C17H18N4O. The minimum Gasteiger partial charge on any atom is -0.383 e. The van der Waals surface area contributed by atoms with Gasteiger partial charge in [-0.25, -0.2) is 4.98 Å². The number of carbonyl (C=O) groups is 1. The van der Waals surface area contributed by atoms with Crippen LogP contribution in [-0.4, -0.2) is 17.1 Å². The molecule has 0 bridgehead atoms. The average molecular weight is 294 g/mol. The first kappa shape index (κ1) is 14.3. The van der Waals surface area contributed by atoms with Crippen LogP contribution in [0.2, 0.25) is 0 Å². The van der Waals surface area contributed by atoms with Crippen molar-refractivity contribution in [1.29, 1.82) is 5.41 Å². The van der Waals surface area contributed by atoms with Gasteiger partial charge in [0, 0.05) is 29.6 Å². The Kier molecular flexibility index (Phi) is 3.87. The van der Waals surface area contributed by atoms with Gasteiger partial charge in [-0.3, -0.25) is 4.79 Å². The number of anilines is 2. The minimum atomic E-state index is -0.0725. The molecule has 1 unspecified atom stereocenters. The van der Waals surface area contributed by atoms with Gasteiger partial charge in [-0.2, -0.15) is 0 Å². The largest absolute Gasteiger partial charge is 0.383 e. The highest BCUT2D eigenvalue weighted by Gasteiger charge is 2.26. The molecule has 0 fully saturated rings. The predicted molar refractivity (Wildman–Crippen MR) is 87.1 cm³/mol. The fourth-order valence-electron chi connectivity index (χ4n) is 2.93. The number of nitrogens with zero attached hydrogens (tertiary/aromatic N) is 1. The maximum absolute atomic E-state index is 12.4. The lowest BCUT2D eigenvalue weighted by molar-refractivity contribution is -0.120. The van der Waals surface area contributed by atoms with E-state index in [0.29, 0.717) is 17.8 Å². The Morgan fingerprint density at radius 3 is 2.86 bits per heavy atom. The summed E-state index contributed by atoms with van der Waals surface area (Å²) in [4.78, 5) is 16.5. The van der Waals surface area contributed by atoms with Crippen LogP contribution >= 0.6 is 0 Å². The molecule has 1 amide bonds. The second-order valence-electron chi connectivity index (χ2n) is 5.50. The highest BCUT2D eigenvalue weighted by molar-refractivity contribution is 5.93. The number of para-hydroxylation sites is 1. The molecular weight excluding hydrogens is 276 g/mol. The van der Waals surface area contributed by atoms with E-state index in [1.165, 1.54) is 6.21 Å². The Balaban J connectivity index is 1.77. The maximum Gasteiger partial charge on any atom is 0.227 e. The van der Waals surface area contributed by atoms with Gasteiger partial charge in [0.1, 0.15) is 5.82 Å². The minimum absolute atomic E-state index is 0.0325. The number of nitrogens with two attached hydrogens (primary N) is 1. The molecule has 22 heavy (non-hydrogen) atoms. The first-order chi connectivity index (χ1) is 10.7. The summed E-state index contributed by atoms with van der Waals surface area (Å²) in [5.41, 5.74) is 9.40. The Morgan fingerprint density at radius 2 is 2.14 bits per heavy atom. The number of carbonyl (C=O) groups excluding carboxylic acids is 1. The van der Waals surface area contributed by atoms with Gasteiger partial charge >= 0.3 is 0 Å². The summed E-state index contributed by atoms with van der Waals surface area (Å²) < 4.78 is 0. The van der Waals surface area contributed by atoms with E-state index >= 15 is 0 Å². The lowest BCUT2D eigenvalue weighted by Crippen LogP contribution is -2.29. The fraction of sp³-hybridized carbons (Fsp3) is 0.235. The summed E-state index contributed by atoms with van der Waals surface area (Å²) in [5, 5.41) is 10.4. The highest BCUT2D eigenvalue weighted by Crippen LogP contribution is 2.29. The van der Waals surface area contributed by atoms with E-state index in [9.17, 15) is 4.79 Å². The van der Waals surface area contributed by atoms with Crippen LogP contribution in [0.1, 0.15) is 23.1 Å². The average Bonchev–Trinajstić information content (AvgIpc) is 2.55. The van der Waals surface area contributed by atoms with Crippen LogP contribution in [0.5, 0.6) is 0 Å². The number of pyridine rings is 1. The molecule has 0 aliphatic heterocycles. The van der Waals surface area contributed by atoms with Crippen molar-refractivity contribution in [2.75, 3.05) is 11.1 Å². The Labute approximate surface area is 129 Å². The van der Waals surface area contributed by atoms with Gasteiger partial charge in [-0.1, -0.05) is 18.2 Å². The summed E-state index contributed by atoms with van der Waals surface area (Å²) in [6.07, 6.45) is 5.14. The van der Waals surface area contributed by atoms with Crippen LogP contribution in [0.3, 0.4) is 0 Å². The van der Waals surface area contributed by atoms with Gasteiger partial charge in [0.25, 0.3) is 0 Å². The van der Waals surface area contributed by atoms with Gasteiger partial charge in [0.05, 0.1) is 0 Å². The summed E-state index contributed by atoms with van der Waals surface area (Å²) in [5.74, 6) is 0.350. The molecule has 5 heteroatoms. The number of rotatable bonds is 3. The van der Waals surface area contributed by atoms with Crippen molar-refractivity contribution < 1.29 is 4.79 Å². The van der Waals surface area contributed by atoms with E-state index in [2.05, 4.69) is 10.3 Å². The van der Waals surface area contributed by atoms with Crippen LogP contribution in [-0.2, 0) is 17.6 Å². The smallest absolute Gasteiger partial charge is 0.227 e. The van der Waals surface area contributed by atoms with Gasteiger partial charge in [-0.15, -0.1) is 0 Å². The number of fused-ring (bicyclic) bond motifs is 1. The van der Waals surface area contributed by atoms with E-state index in [4.69, 9.17) is 11.1 Å². The van der Waals surface area contributed by atoms with Crippen LogP contribution in [0.25, 0.3) is 0 Å². The molecule has 1 aliphatic rings. The van der Waals surface area contributed by atoms with Crippen molar-refractivity contribution in [1.82, 2.24) is 4.98 Å².